The first kappa shape index (κ1) is 22.9. The second-order valence-electron chi connectivity index (χ2n) is 10.0. The molecule has 2 aliphatic rings. The Morgan fingerprint density at radius 3 is 2.53 bits per heavy atom. The highest BCUT2D eigenvalue weighted by Crippen LogP contribution is 2.44. The third-order valence-corrected chi connectivity index (χ3v) is 8.00. The number of rotatable bonds is 6. The second kappa shape index (κ2) is 9.25. The van der Waals surface area contributed by atoms with E-state index in [1.165, 1.54) is 44.1 Å². The normalized spacial score (nSPS) is 13.4. The molecule has 38 heavy (non-hydrogen) atoms. The van der Waals surface area contributed by atoms with Crippen molar-refractivity contribution in [2.24, 2.45) is 0 Å². The van der Waals surface area contributed by atoms with Gasteiger partial charge in [0, 0.05) is 17.4 Å². The average Bonchev–Trinajstić information content (AvgIpc) is 3.42. The van der Waals surface area contributed by atoms with Crippen LogP contribution in [-0.2, 0) is 25.8 Å². The van der Waals surface area contributed by atoms with Gasteiger partial charge in [-0.25, -0.2) is 0 Å². The summed E-state index contributed by atoms with van der Waals surface area (Å²) in [6, 6.07) is 23.8. The van der Waals surface area contributed by atoms with Crippen LogP contribution in [0.3, 0.4) is 0 Å². The van der Waals surface area contributed by atoms with Crippen LogP contribution in [0.5, 0.6) is 23.0 Å². The topological polar surface area (TPSA) is 40.8 Å². The molecule has 190 valence electrons. The van der Waals surface area contributed by atoms with E-state index in [0.717, 1.165) is 60.6 Å². The first-order chi connectivity index (χ1) is 18.7. The number of nitrogens with zero attached hydrogens (tertiary/aromatic N) is 1. The first-order valence-corrected chi connectivity index (χ1v) is 13.2. The van der Waals surface area contributed by atoms with Crippen LogP contribution in [0, 0.1) is 0 Å². The van der Waals surface area contributed by atoms with Crippen LogP contribution in [-0.4, -0.2) is 21.0 Å². The van der Waals surface area contributed by atoms with E-state index in [1.807, 2.05) is 6.07 Å². The Kier molecular flexibility index (Phi) is 5.58. The van der Waals surface area contributed by atoms with E-state index in [2.05, 4.69) is 71.4 Å². The van der Waals surface area contributed by atoms with Crippen molar-refractivity contribution >= 4 is 21.5 Å². The molecule has 0 fully saturated rings. The highest BCUT2D eigenvalue weighted by atomic mass is 16.7. The summed E-state index contributed by atoms with van der Waals surface area (Å²) in [6.07, 6.45) is 6.16. The number of hydrogen-bond donors (Lipinski definition) is 0. The van der Waals surface area contributed by atoms with Crippen molar-refractivity contribution in [3.05, 3.63) is 89.6 Å². The van der Waals surface area contributed by atoms with E-state index < -0.39 is 0 Å². The zero-order valence-electron chi connectivity index (χ0n) is 21.8. The molecule has 0 radical (unpaired) electrons. The maximum Gasteiger partial charge on any atom is 0.231 e. The van der Waals surface area contributed by atoms with Crippen LogP contribution in [0.2, 0.25) is 0 Å². The minimum Gasteiger partial charge on any atom is -0.493 e. The average molecular weight is 505 g/mol. The Hall–Kier alpha value is -4.25. The molecule has 7 rings (SSSR count). The summed E-state index contributed by atoms with van der Waals surface area (Å²) in [6.45, 7) is 1.18. The first-order valence-electron chi connectivity index (χ1n) is 13.2. The Morgan fingerprint density at radius 1 is 0.816 bits per heavy atom. The lowest BCUT2D eigenvalue weighted by Crippen LogP contribution is -2.41. The van der Waals surface area contributed by atoms with E-state index in [1.54, 1.807) is 14.2 Å². The maximum atomic E-state index is 5.87. The molecule has 0 amide bonds. The lowest BCUT2D eigenvalue weighted by Gasteiger charge is -2.21. The minimum atomic E-state index is 0.283. The van der Waals surface area contributed by atoms with Gasteiger partial charge in [-0.1, -0.05) is 42.5 Å². The lowest BCUT2D eigenvalue weighted by atomic mass is 9.88. The van der Waals surface area contributed by atoms with Gasteiger partial charge in [-0.2, -0.15) is 4.57 Å². The van der Waals surface area contributed by atoms with Crippen molar-refractivity contribution in [3.63, 3.8) is 0 Å². The Labute approximate surface area is 222 Å². The van der Waals surface area contributed by atoms with Gasteiger partial charge in [-0.15, -0.1) is 0 Å². The molecule has 0 unspecified atom stereocenters. The number of fused-ring (bicyclic) bond motifs is 6. The monoisotopic (exact) mass is 504 g/mol. The summed E-state index contributed by atoms with van der Waals surface area (Å²) in [5, 5.41) is 4.93. The number of methoxy groups -OCH3 is 2. The fourth-order valence-corrected chi connectivity index (χ4v) is 6.23. The number of hydrogen-bond acceptors (Lipinski definition) is 4. The van der Waals surface area contributed by atoms with Crippen molar-refractivity contribution in [2.75, 3.05) is 21.0 Å². The van der Waals surface area contributed by atoms with Gasteiger partial charge < -0.3 is 18.9 Å². The molecule has 0 spiro atoms. The summed E-state index contributed by atoms with van der Waals surface area (Å²) < 4.78 is 25.4. The van der Waals surface area contributed by atoms with Gasteiger partial charge in [-0.05, 0) is 65.4 Å². The molecule has 5 aromatic rings. The van der Waals surface area contributed by atoms with Gasteiger partial charge in [0.1, 0.15) is 0 Å². The molecule has 0 atom stereocenters. The van der Waals surface area contributed by atoms with Crippen molar-refractivity contribution in [2.45, 2.75) is 32.2 Å². The van der Waals surface area contributed by atoms with Gasteiger partial charge in [0.05, 0.1) is 25.2 Å². The zero-order valence-corrected chi connectivity index (χ0v) is 21.8. The molecule has 0 bridgehead atoms. The molecule has 3 heterocycles. The van der Waals surface area contributed by atoms with Crippen LogP contribution >= 0.6 is 0 Å². The van der Waals surface area contributed by atoms with Crippen LogP contribution < -0.4 is 23.5 Å². The molecule has 0 N–H and O–H groups in total. The molecule has 5 heteroatoms. The Bertz CT molecular complexity index is 1700. The van der Waals surface area contributed by atoms with E-state index >= 15 is 0 Å². The van der Waals surface area contributed by atoms with E-state index in [-0.39, 0.29) is 6.79 Å². The van der Waals surface area contributed by atoms with Crippen molar-refractivity contribution in [1.82, 2.24) is 0 Å². The van der Waals surface area contributed by atoms with Crippen molar-refractivity contribution < 1.29 is 23.5 Å². The molecule has 1 aromatic heterocycles. The highest BCUT2D eigenvalue weighted by Gasteiger charge is 2.32. The number of ether oxygens (including phenoxy) is 4. The second-order valence-corrected chi connectivity index (χ2v) is 10.0. The predicted octanol–water partition coefficient (Wildman–Crippen LogP) is 6.42. The molecule has 2 aliphatic heterocycles. The molecule has 4 aromatic carbocycles. The zero-order chi connectivity index (χ0) is 25.6. The van der Waals surface area contributed by atoms with Crippen molar-refractivity contribution in [3.8, 4) is 34.3 Å². The SMILES string of the molecule is COc1ccc2c(CCCc3cccc4ccccc34)c3[n+](cc2c1OC)CCc1cc2c(cc1-3)OCO2. The molecule has 0 aliphatic carbocycles. The summed E-state index contributed by atoms with van der Waals surface area (Å²) in [7, 11) is 3.41. The van der Waals surface area contributed by atoms with Crippen molar-refractivity contribution in [1.29, 1.82) is 0 Å². The minimum absolute atomic E-state index is 0.283. The van der Waals surface area contributed by atoms with Gasteiger partial charge >= 0.3 is 0 Å². The van der Waals surface area contributed by atoms with Gasteiger partial charge in [-0.3, -0.25) is 0 Å². The van der Waals surface area contributed by atoms with E-state index in [9.17, 15) is 0 Å². The van der Waals surface area contributed by atoms with Gasteiger partial charge in [0.2, 0.25) is 12.5 Å². The summed E-state index contributed by atoms with van der Waals surface area (Å²) in [4.78, 5) is 0. The van der Waals surface area contributed by atoms with Crippen LogP contribution in [0.1, 0.15) is 23.1 Å². The smallest absolute Gasteiger partial charge is 0.231 e. The van der Waals surface area contributed by atoms with E-state index in [0.29, 0.717) is 0 Å². The molecule has 0 saturated carbocycles. The molecular formula is C33H30NO4+. The molecule has 0 saturated heterocycles. The standard InChI is InChI=1S/C33H30NO4/c1-35-29-14-13-25-26(12-6-10-22-9-5-8-21-7-3-4-11-24(21)22)32-27-18-31-30(37-20-38-31)17-23(27)15-16-34(32)19-28(25)33(29)36-2/h3-5,7-9,11,13-14,17-19H,6,10,12,15-16,20H2,1-2H3/q+1. The summed E-state index contributed by atoms with van der Waals surface area (Å²) in [5.74, 6) is 3.21. The van der Waals surface area contributed by atoms with Gasteiger partial charge in [0.25, 0.3) is 0 Å². The van der Waals surface area contributed by atoms with Crippen LogP contribution in [0.15, 0.2) is 72.9 Å². The molecular weight excluding hydrogens is 474 g/mol. The van der Waals surface area contributed by atoms with Crippen LogP contribution in [0.4, 0.5) is 0 Å². The fourth-order valence-electron chi connectivity index (χ4n) is 6.23. The fraction of sp³-hybridized carbons (Fsp3) is 0.242. The highest BCUT2D eigenvalue weighted by molar-refractivity contribution is 5.95. The van der Waals surface area contributed by atoms with E-state index in [4.69, 9.17) is 18.9 Å². The number of aryl methyl sites for hydroxylation is 4. The molecule has 5 nitrogen and oxygen atoms in total. The predicted molar refractivity (Wildman–Crippen MR) is 148 cm³/mol. The number of benzene rings is 4. The maximum absolute atomic E-state index is 5.87. The Balaban J connectivity index is 1.36. The summed E-state index contributed by atoms with van der Waals surface area (Å²) >= 11 is 0. The number of pyridine rings is 1. The third kappa shape index (κ3) is 3.65. The van der Waals surface area contributed by atoms with Gasteiger partial charge in [0.15, 0.2) is 35.7 Å². The number of aromatic nitrogens is 1. The third-order valence-electron chi connectivity index (χ3n) is 8.00. The Morgan fingerprint density at radius 2 is 1.66 bits per heavy atom. The quantitative estimate of drug-likeness (QED) is 0.250. The van der Waals surface area contributed by atoms with Crippen LogP contribution in [0.25, 0.3) is 32.8 Å². The largest absolute Gasteiger partial charge is 0.493 e. The lowest BCUT2D eigenvalue weighted by molar-refractivity contribution is -0.686. The summed E-state index contributed by atoms with van der Waals surface area (Å²) in [5.41, 5.74) is 6.54.